The van der Waals surface area contributed by atoms with Crippen LogP contribution in [-0.4, -0.2) is 84.4 Å². The number of nitrogens with zero attached hydrogens (tertiary/aromatic N) is 4. The van der Waals surface area contributed by atoms with Gasteiger partial charge in [-0.15, -0.1) is 0 Å². The smallest absolute Gasteiger partial charge is 0.246 e. The molecule has 1 fully saturated rings. The van der Waals surface area contributed by atoms with Crippen LogP contribution in [0.5, 0.6) is 0 Å². The van der Waals surface area contributed by atoms with Crippen LogP contribution in [0.15, 0.2) is 30.3 Å². The molecule has 3 rings (SSSR count). The van der Waals surface area contributed by atoms with E-state index in [9.17, 15) is 9.59 Å². The second-order valence-electron chi connectivity index (χ2n) is 8.86. The minimum atomic E-state index is -0.00579. The molecule has 0 unspecified atom stereocenters. The summed E-state index contributed by atoms with van der Waals surface area (Å²) in [5, 5.41) is 7.58. The largest absolute Gasteiger partial charge is 0.385 e. The average molecular weight is 468 g/mol. The Bertz CT molecular complexity index is 989. The number of methoxy groups -OCH3 is 1. The molecule has 1 saturated heterocycles. The zero-order valence-corrected chi connectivity index (χ0v) is 20.8. The minimum Gasteiger partial charge on any atom is -0.385 e. The number of rotatable bonds is 10. The molecule has 8 heteroatoms. The Balaban J connectivity index is 1.49. The van der Waals surface area contributed by atoms with Crippen LogP contribution in [0.25, 0.3) is 6.08 Å². The predicted octanol–water partition coefficient (Wildman–Crippen LogP) is 2.17. The van der Waals surface area contributed by atoms with Gasteiger partial charge in [0.05, 0.1) is 18.8 Å². The van der Waals surface area contributed by atoms with Crippen molar-refractivity contribution in [3.05, 3.63) is 58.4 Å². The number of hydrogen-bond acceptors (Lipinski definition) is 5. The van der Waals surface area contributed by atoms with Gasteiger partial charge in [-0.3, -0.25) is 19.2 Å². The van der Waals surface area contributed by atoms with Crippen LogP contribution in [0.1, 0.15) is 34.5 Å². The van der Waals surface area contributed by atoms with Gasteiger partial charge in [0.1, 0.15) is 0 Å². The maximum absolute atomic E-state index is 12.8. The topological polar surface area (TPSA) is 79.7 Å². The van der Waals surface area contributed by atoms with Crippen LogP contribution >= 0.6 is 0 Å². The van der Waals surface area contributed by atoms with Gasteiger partial charge in [-0.1, -0.05) is 29.8 Å². The summed E-state index contributed by atoms with van der Waals surface area (Å²) < 4.78 is 6.98. The molecule has 1 aromatic heterocycles. The van der Waals surface area contributed by atoms with Gasteiger partial charge in [0, 0.05) is 63.8 Å². The van der Waals surface area contributed by atoms with Crippen molar-refractivity contribution in [1.82, 2.24) is 24.9 Å². The first kappa shape index (κ1) is 25.6. The van der Waals surface area contributed by atoms with Crippen LogP contribution in [0.4, 0.5) is 0 Å². The number of nitrogens with one attached hydrogen (secondary N) is 1. The van der Waals surface area contributed by atoms with E-state index in [0.29, 0.717) is 52.4 Å². The van der Waals surface area contributed by atoms with E-state index in [-0.39, 0.29) is 11.8 Å². The number of ether oxygens (including phenoxy) is 1. The van der Waals surface area contributed by atoms with Crippen molar-refractivity contribution < 1.29 is 14.3 Å². The van der Waals surface area contributed by atoms with Crippen LogP contribution in [0.3, 0.4) is 0 Å². The van der Waals surface area contributed by atoms with Gasteiger partial charge in [0.15, 0.2) is 0 Å². The van der Waals surface area contributed by atoms with Crippen LogP contribution in [-0.2, 0) is 20.9 Å². The Morgan fingerprint density at radius 1 is 1.09 bits per heavy atom. The minimum absolute atomic E-state index is 0.00579. The van der Waals surface area contributed by atoms with E-state index < -0.39 is 0 Å². The number of hydrogen-bond donors (Lipinski definition) is 1. The molecule has 0 bridgehead atoms. The van der Waals surface area contributed by atoms with Gasteiger partial charge < -0.3 is 15.0 Å². The van der Waals surface area contributed by atoms with Crippen molar-refractivity contribution in [2.24, 2.45) is 0 Å². The van der Waals surface area contributed by atoms with Crippen LogP contribution in [0, 0.1) is 20.8 Å². The fourth-order valence-corrected chi connectivity index (χ4v) is 4.06. The third kappa shape index (κ3) is 7.27. The molecule has 1 aromatic carbocycles. The molecule has 1 aliphatic rings. The summed E-state index contributed by atoms with van der Waals surface area (Å²) in [5.74, 6) is 0.0122. The predicted molar refractivity (Wildman–Crippen MR) is 134 cm³/mol. The van der Waals surface area contributed by atoms with Gasteiger partial charge in [-0.05, 0) is 38.8 Å². The lowest BCUT2D eigenvalue weighted by Gasteiger charge is -2.33. The van der Waals surface area contributed by atoms with E-state index in [1.165, 1.54) is 11.1 Å². The molecule has 1 aliphatic heterocycles. The van der Waals surface area contributed by atoms with Crippen molar-refractivity contribution in [3.63, 3.8) is 0 Å². The highest BCUT2D eigenvalue weighted by Gasteiger charge is 2.21. The first-order chi connectivity index (χ1) is 16.4. The Morgan fingerprint density at radius 3 is 2.47 bits per heavy atom. The molecule has 2 aromatic rings. The average Bonchev–Trinajstić information content (AvgIpc) is 3.09. The normalized spacial score (nSPS) is 14.6. The molecule has 184 valence electrons. The molecule has 2 heterocycles. The zero-order chi connectivity index (χ0) is 24.5. The molecule has 1 N–H and O–H groups in total. The summed E-state index contributed by atoms with van der Waals surface area (Å²) in [4.78, 5) is 28.7. The number of aromatic nitrogens is 2. The number of piperazine rings is 1. The second kappa shape index (κ2) is 12.5. The van der Waals surface area contributed by atoms with E-state index in [2.05, 4.69) is 46.5 Å². The molecular formula is C26H37N5O3. The van der Waals surface area contributed by atoms with Gasteiger partial charge in [-0.2, -0.15) is 5.10 Å². The summed E-state index contributed by atoms with van der Waals surface area (Å²) in [6.07, 6.45) is 4.33. The molecule has 34 heavy (non-hydrogen) atoms. The zero-order valence-electron chi connectivity index (χ0n) is 20.8. The fraction of sp³-hybridized carbons (Fsp3) is 0.500. The van der Waals surface area contributed by atoms with Crippen molar-refractivity contribution >= 4 is 17.9 Å². The third-order valence-corrected chi connectivity index (χ3v) is 6.18. The first-order valence-electron chi connectivity index (χ1n) is 11.9. The van der Waals surface area contributed by atoms with E-state index in [4.69, 9.17) is 4.74 Å². The lowest BCUT2D eigenvalue weighted by molar-refractivity contribution is -0.128. The number of aryl methyl sites for hydroxylation is 2. The molecule has 2 amide bonds. The first-order valence-corrected chi connectivity index (χ1v) is 11.9. The summed E-state index contributed by atoms with van der Waals surface area (Å²) in [6, 6.07) is 8.45. The summed E-state index contributed by atoms with van der Waals surface area (Å²) in [5.41, 5.74) is 5.38. The van der Waals surface area contributed by atoms with Gasteiger partial charge in [0.25, 0.3) is 0 Å². The molecule has 0 atom stereocenters. The fourth-order valence-electron chi connectivity index (χ4n) is 4.06. The SMILES string of the molecule is COCCCNC(=O)CN1CCN(C(=O)/C=C/c2c(C)nn(Cc3ccc(C)cc3)c2C)CC1. The highest BCUT2D eigenvalue weighted by atomic mass is 16.5. The Morgan fingerprint density at radius 2 is 1.79 bits per heavy atom. The van der Waals surface area contributed by atoms with Crippen LogP contribution < -0.4 is 5.32 Å². The Kier molecular flexibility index (Phi) is 9.42. The number of benzene rings is 1. The number of carbonyl (C=O) groups excluding carboxylic acids is 2. The highest BCUT2D eigenvalue weighted by Crippen LogP contribution is 2.17. The quantitative estimate of drug-likeness (QED) is 0.428. The van der Waals surface area contributed by atoms with E-state index >= 15 is 0 Å². The van der Waals surface area contributed by atoms with Crippen LogP contribution in [0.2, 0.25) is 0 Å². The maximum Gasteiger partial charge on any atom is 0.246 e. The second-order valence-corrected chi connectivity index (χ2v) is 8.86. The lowest BCUT2D eigenvalue weighted by Crippen LogP contribution is -2.50. The van der Waals surface area contributed by atoms with Crippen molar-refractivity contribution in [2.75, 3.05) is 53.0 Å². The lowest BCUT2D eigenvalue weighted by atomic mass is 10.1. The Labute approximate surface area is 202 Å². The number of amides is 2. The molecule has 0 aliphatic carbocycles. The third-order valence-electron chi connectivity index (χ3n) is 6.18. The standard InChI is InChI=1S/C26H37N5O3/c1-20-6-8-23(9-7-20)18-31-22(3)24(21(2)28-31)10-11-26(33)30-15-13-29(14-16-30)19-25(32)27-12-5-17-34-4/h6-11H,5,12-19H2,1-4H3,(H,27,32)/b11-10+. The van der Waals surface area contributed by atoms with E-state index in [0.717, 1.165) is 23.4 Å². The summed E-state index contributed by atoms with van der Waals surface area (Å²) in [6.45, 7) is 11.0. The van der Waals surface area contributed by atoms with Gasteiger partial charge in [-0.25, -0.2) is 0 Å². The summed E-state index contributed by atoms with van der Waals surface area (Å²) in [7, 11) is 1.65. The molecule has 0 spiro atoms. The maximum atomic E-state index is 12.8. The van der Waals surface area contributed by atoms with E-state index in [1.807, 2.05) is 29.5 Å². The van der Waals surface area contributed by atoms with E-state index in [1.54, 1.807) is 13.2 Å². The van der Waals surface area contributed by atoms with Crippen molar-refractivity contribution in [3.8, 4) is 0 Å². The molecule has 0 saturated carbocycles. The highest BCUT2D eigenvalue weighted by molar-refractivity contribution is 5.92. The monoisotopic (exact) mass is 467 g/mol. The molecular weight excluding hydrogens is 430 g/mol. The van der Waals surface area contributed by atoms with Crippen molar-refractivity contribution in [1.29, 1.82) is 0 Å². The number of carbonyl (C=O) groups is 2. The molecule has 0 radical (unpaired) electrons. The van der Waals surface area contributed by atoms with Gasteiger partial charge in [0.2, 0.25) is 11.8 Å². The van der Waals surface area contributed by atoms with Crippen molar-refractivity contribution in [2.45, 2.75) is 33.7 Å². The summed E-state index contributed by atoms with van der Waals surface area (Å²) >= 11 is 0. The Hall–Kier alpha value is -2.97. The van der Waals surface area contributed by atoms with Gasteiger partial charge >= 0.3 is 0 Å². The molecule has 8 nitrogen and oxygen atoms in total.